The predicted molar refractivity (Wildman–Crippen MR) is 118 cm³/mol. The molecule has 0 aliphatic rings. The van der Waals surface area contributed by atoms with Gasteiger partial charge in [0.15, 0.2) is 0 Å². The molecule has 0 unspecified atom stereocenters. The first kappa shape index (κ1) is 21.8. The number of hydrogen-bond donors (Lipinski definition) is 3. The van der Waals surface area contributed by atoms with Gasteiger partial charge < -0.3 is 15.8 Å². The number of rotatable bonds is 7. The van der Waals surface area contributed by atoms with Crippen molar-refractivity contribution in [2.45, 2.75) is 11.8 Å². The molecule has 3 aromatic rings. The van der Waals surface area contributed by atoms with Gasteiger partial charge in [0, 0.05) is 16.8 Å². The van der Waals surface area contributed by atoms with Gasteiger partial charge >= 0.3 is 0 Å². The summed E-state index contributed by atoms with van der Waals surface area (Å²) in [6, 6.07) is 17.1. The molecule has 0 radical (unpaired) electrons. The molecular weight excluding hydrogens is 418 g/mol. The molecule has 0 saturated heterocycles. The van der Waals surface area contributed by atoms with Crippen LogP contribution in [-0.4, -0.2) is 27.3 Å². The number of benzene rings is 3. The molecule has 31 heavy (non-hydrogen) atoms. The van der Waals surface area contributed by atoms with E-state index < -0.39 is 21.8 Å². The summed E-state index contributed by atoms with van der Waals surface area (Å²) >= 11 is 0. The maximum Gasteiger partial charge on any atom is 0.262 e. The Hall–Kier alpha value is -3.85. The summed E-state index contributed by atoms with van der Waals surface area (Å²) in [6.07, 6.45) is 0. The van der Waals surface area contributed by atoms with Crippen molar-refractivity contribution in [1.82, 2.24) is 0 Å². The molecule has 0 bridgehead atoms. The van der Waals surface area contributed by atoms with E-state index >= 15 is 0 Å². The number of carbonyl (C=O) groups excluding carboxylic acids is 2. The number of anilines is 2. The SMILES string of the molecule is COc1ccccc1NS(=O)(=O)c1cc(C(=O)Nc2ccc(C(N)=O)cc2)ccc1C. The lowest BCUT2D eigenvalue weighted by atomic mass is 10.1. The molecule has 0 aliphatic heterocycles. The number of para-hydroxylation sites is 2. The van der Waals surface area contributed by atoms with E-state index in [-0.39, 0.29) is 16.1 Å². The minimum atomic E-state index is -3.98. The minimum Gasteiger partial charge on any atom is -0.495 e. The second-order valence-electron chi connectivity index (χ2n) is 6.68. The van der Waals surface area contributed by atoms with Crippen LogP contribution in [0.4, 0.5) is 11.4 Å². The van der Waals surface area contributed by atoms with Crippen molar-refractivity contribution < 1.29 is 22.7 Å². The normalized spacial score (nSPS) is 10.9. The third-order valence-electron chi connectivity index (χ3n) is 4.52. The quantitative estimate of drug-likeness (QED) is 0.521. The molecule has 160 valence electrons. The van der Waals surface area contributed by atoms with E-state index in [9.17, 15) is 18.0 Å². The van der Waals surface area contributed by atoms with E-state index in [2.05, 4.69) is 10.0 Å². The van der Waals surface area contributed by atoms with Crippen LogP contribution in [-0.2, 0) is 10.0 Å². The molecule has 0 heterocycles. The van der Waals surface area contributed by atoms with Crippen molar-refractivity contribution in [3.05, 3.63) is 83.4 Å². The lowest BCUT2D eigenvalue weighted by Crippen LogP contribution is -2.17. The summed E-state index contributed by atoms with van der Waals surface area (Å²) in [6.45, 7) is 1.64. The molecule has 9 heteroatoms. The van der Waals surface area contributed by atoms with Gasteiger partial charge in [0.05, 0.1) is 17.7 Å². The van der Waals surface area contributed by atoms with Gasteiger partial charge in [-0.05, 0) is 61.0 Å². The molecule has 3 aromatic carbocycles. The fourth-order valence-corrected chi connectivity index (χ4v) is 4.22. The van der Waals surface area contributed by atoms with Crippen LogP contribution in [0.25, 0.3) is 0 Å². The van der Waals surface area contributed by atoms with Crippen LogP contribution >= 0.6 is 0 Å². The Morgan fingerprint density at radius 3 is 2.23 bits per heavy atom. The van der Waals surface area contributed by atoms with Gasteiger partial charge in [0.1, 0.15) is 5.75 Å². The number of hydrogen-bond acceptors (Lipinski definition) is 5. The van der Waals surface area contributed by atoms with E-state index in [1.165, 1.54) is 43.5 Å². The zero-order valence-electron chi connectivity index (χ0n) is 16.9. The zero-order valence-corrected chi connectivity index (χ0v) is 17.7. The highest BCUT2D eigenvalue weighted by atomic mass is 32.2. The molecule has 2 amide bonds. The van der Waals surface area contributed by atoms with Crippen LogP contribution in [0.5, 0.6) is 5.75 Å². The molecule has 0 aliphatic carbocycles. The maximum atomic E-state index is 13.0. The molecule has 8 nitrogen and oxygen atoms in total. The summed E-state index contributed by atoms with van der Waals surface area (Å²) in [5.41, 5.74) is 6.87. The Morgan fingerprint density at radius 1 is 0.935 bits per heavy atom. The first-order chi connectivity index (χ1) is 14.7. The van der Waals surface area contributed by atoms with Crippen LogP contribution in [0.15, 0.2) is 71.6 Å². The topological polar surface area (TPSA) is 128 Å². The summed E-state index contributed by atoms with van der Waals surface area (Å²) in [5, 5.41) is 2.66. The number of carbonyl (C=O) groups is 2. The van der Waals surface area contributed by atoms with Gasteiger partial charge in [-0.3, -0.25) is 14.3 Å². The largest absolute Gasteiger partial charge is 0.495 e. The molecule has 4 N–H and O–H groups in total. The van der Waals surface area contributed by atoms with Crippen LogP contribution in [0.3, 0.4) is 0 Å². The molecule has 0 atom stereocenters. The first-order valence-electron chi connectivity index (χ1n) is 9.19. The van der Waals surface area contributed by atoms with Gasteiger partial charge in [-0.1, -0.05) is 18.2 Å². The van der Waals surface area contributed by atoms with Crippen molar-refractivity contribution in [1.29, 1.82) is 0 Å². The highest BCUT2D eigenvalue weighted by Crippen LogP contribution is 2.27. The Kier molecular flexibility index (Phi) is 6.26. The highest BCUT2D eigenvalue weighted by molar-refractivity contribution is 7.92. The molecule has 0 fully saturated rings. The van der Waals surface area contributed by atoms with Crippen molar-refractivity contribution >= 4 is 33.2 Å². The molecule has 0 aromatic heterocycles. The van der Waals surface area contributed by atoms with E-state index in [0.29, 0.717) is 22.6 Å². The third kappa shape index (κ3) is 5.01. The summed E-state index contributed by atoms with van der Waals surface area (Å²) < 4.78 is 33.7. The van der Waals surface area contributed by atoms with E-state index in [4.69, 9.17) is 10.5 Å². The van der Waals surface area contributed by atoms with Crippen LogP contribution in [0, 0.1) is 6.92 Å². The van der Waals surface area contributed by atoms with E-state index in [1.807, 2.05) is 0 Å². The second kappa shape index (κ2) is 8.88. The fourth-order valence-electron chi connectivity index (χ4n) is 2.88. The lowest BCUT2D eigenvalue weighted by molar-refractivity contribution is 0.0998. The van der Waals surface area contributed by atoms with Gasteiger partial charge in [0.2, 0.25) is 5.91 Å². The predicted octanol–water partition coefficient (Wildman–Crippen LogP) is 3.16. The van der Waals surface area contributed by atoms with Gasteiger partial charge in [-0.2, -0.15) is 0 Å². The van der Waals surface area contributed by atoms with Crippen molar-refractivity contribution in [2.75, 3.05) is 17.1 Å². The second-order valence-corrected chi connectivity index (χ2v) is 8.33. The molecular formula is C22H21N3O5S. The summed E-state index contributed by atoms with van der Waals surface area (Å²) in [5.74, 6) is -0.702. The summed E-state index contributed by atoms with van der Waals surface area (Å²) in [7, 11) is -2.54. The third-order valence-corrected chi connectivity index (χ3v) is 6.03. The number of aryl methyl sites for hydroxylation is 1. The van der Waals surface area contributed by atoms with Gasteiger partial charge in [0.25, 0.3) is 15.9 Å². The first-order valence-corrected chi connectivity index (χ1v) is 10.7. The van der Waals surface area contributed by atoms with Crippen molar-refractivity contribution in [3.8, 4) is 5.75 Å². The summed E-state index contributed by atoms with van der Waals surface area (Å²) in [4.78, 5) is 23.8. The Bertz CT molecular complexity index is 1240. The van der Waals surface area contributed by atoms with Gasteiger partial charge in [-0.25, -0.2) is 8.42 Å². The lowest BCUT2D eigenvalue weighted by Gasteiger charge is -2.14. The van der Waals surface area contributed by atoms with Crippen molar-refractivity contribution in [3.63, 3.8) is 0 Å². The van der Waals surface area contributed by atoms with Crippen LogP contribution in [0.1, 0.15) is 26.3 Å². The number of ether oxygens (including phenoxy) is 1. The molecule has 0 saturated carbocycles. The Labute approximate surface area is 180 Å². The van der Waals surface area contributed by atoms with E-state index in [1.54, 1.807) is 37.3 Å². The van der Waals surface area contributed by atoms with E-state index in [0.717, 1.165) is 0 Å². The standard InChI is InChI=1S/C22H21N3O5S/c1-14-7-8-16(22(27)24-17-11-9-15(10-12-17)21(23)26)13-20(14)31(28,29)25-18-5-3-4-6-19(18)30-2/h3-13,25H,1-2H3,(H2,23,26)(H,24,27). The number of sulfonamides is 1. The fraction of sp³-hybridized carbons (Fsp3) is 0.0909. The number of nitrogens with two attached hydrogens (primary N) is 1. The average Bonchev–Trinajstić information content (AvgIpc) is 2.74. The Balaban J connectivity index is 1.86. The maximum absolute atomic E-state index is 13.0. The molecule has 3 rings (SSSR count). The van der Waals surface area contributed by atoms with Crippen LogP contribution < -0.4 is 20.5 Å². The number of primary amides is 1. The Morgan fingerprint density at radius 2 is 1.58 bits per heavy atom. The minimum absolute atomic E-state index is 0.0323. The monoisotopic (exact) mass is 439 g/mol. The zero-order chi connectivity index (χ0) is 22.6. The van der Waals surface area contributed by atoms with Gasteiger partial charge in [-0.15, -0.1) is 0 Å². The average molecular weight is 439 g/mol. The molecule has 0 spiro atoms. The number of amides is 2. The number of nitrogens with one attached hydrogen (secondary N) is 2. The highest BCUT2D eigenvalue weighted by Gasteiger charge is 2.21. The smallest absolute Gasteiger partial charge is 0.262 e. The van der Waals surface area contributed by atoms with Crippen LogP contribution in [0.2, 0.25) is 0 Å². The number of methoxy groups -OCH3 is 1. The van der Waals surface area contributed by atoms with Crippen molar-refractivity contribution in [2.24, 2.45) is 5.73 Å².